The third-order valence-corrected chi connectivity index (χ3v) is 3.98. The van der Waals surface area contributed by atoms with Crippen molar-refractivity contribution < 1.29 is 14.6 Å². The summed E-state index contributed by atoms with van der Waals surface area (Å²) in [5, 5.41) is 13.6. The van der Waals surface area contributed by atoms with Crippen LogP contribution in [0.15, 0.2) is 18.3 Å². The van der Waals surface area contributed by atoms with E-state index in [2.05, 4.69) is 22.0 Å². The minimum atomic E-state index is -0.671. The van der Waals surface area contributed by atoms with Crippen molar-refractivity contribution in [3.05, 3.63) is 23.9 Å². The lowest BCUT2D eigenvalue weighted by atomic mass is 9.79. The van der Waals surface area contributed by atoms with E-state index in [0.717, 1.165) is 25.7 Å². The van der Waals surface area contributed by atoms with Crippen LogP contribution >= 0.6 is 0 Å². The van der Waals surface area contributed by atoms with Gasteiger partial charge in [-0.3, -0.25) is 0 Å². The van der Waals surface area contributed by atoms with Crippen LogP contribution < -0.4 is 5.32 Å². The molecule has 0 aliphatic heterocycles. The first kappa shape index (κ1) is 14.8. The zero-order valence-corrected chi connectivity index (χ0v) is 12.1. The molecule has 1 aliphatic carbocycles. The lowest BCUT2D eigenvalue weighted by Gasteiger charge is -2.35. The van der Waals surface area contributed by atoms with Crippen LogP contribution in [-0.4, -0.2) is 35.3 Å². The Hall–Kier alpha value is -1.62. The second-order valence-corrected chi connectivity index (χ2v) is 5.68. The van der Waals surface area contributed by atoms with Gasteiger partial charge in [0.25, 0.3) is 0 Å². The van der Waals surface area contributed by atoms with Gasteiger partial charge in [0.2, 0.25) is 0 Å². The number of methoxy groups -OCH3 is 1. The molecule has 0 aromatic carbocycles. The molecule has 0 atom stereocenters. The van der Waals surface area contributed by atoms with Crippen LogP contribution in [0.2, 0.25) is 0 Å². The number of hydrogen-bond acceptors (Lipinski definition) is 5. The maximum Gasteiger partial charge on any atom is 0.338 e. The first-order valence-electron chi connectivity index (χ1n) is 7.03. The molecule has 1 saturated carbocycles. The smallest absolute Gasteiger partial charge is 0.338 e. The highest BCUT2D eigenvalue weighted by molar-refractivity contribution is 5.89. The Morgan fingerprint density at radius 3 is 2.90 bits per heavy atom. The van der Waals surface area contributed by atoms with Crippen molar-refractivity contribution in [2.75, 3.05) is 19.0 Å². The van der Waals surface area contributed by atoms with Gasteiger partial charge in [0.15, 0.2) is 0 Å². The molecular weight excluding hydrogens is 256 g/mol. The molecular formula is C15H22N2O3. The van der Waals surface area contributed by atoms with Crippen LogP contribution in [0, 0.1) is 5.92 Å². The number of carbonyl (C=O) groups is 1. The van der Waals surface area contributed by atoms with E-state index >= 15 is 0 Å². The molecule has 1 fully saturated rings. The molecule has 1 aliphatic rings. The summed E-state index contributed by atoms with van der Waals surface area (Å²) in [7, 11) is 1.35. The second-order valence-electron chi connectivity index (χ2n) is 5.68. The number of aliphatic hydroxyl groups is 1. The molecule has 1 heterocycles. The Balaban J connectivity index is 1.95. The summed E-state index contributed by atoms with van der Waals surface area (Å²) < 4.78 is 4.67. The molecule has 5 heteroatoms. The normalized spacial score (nSPS) is 26.1. The number of esters is 1. The Labute approximate surface area is 119 Å². The maximum atomic E-state index is 11.4. The first-order chi connectivity index (χ1) is 9.52. The maximum absolute atomic E-state index is 11.4. The number of anilines is 1. The van der Waals surface area contributed by atoms with Crippen molar-refractivity contribution in [3.63, 3.8) is 0 Å². The molecule has 20 heavy (non-hydrogen) atoms. The van der Waals surface area contributed by atoms with Crippen LogP contribution in [-0.2, 0) is 4.74 Å². The topological polar surface area (TPSA) is 71.5 Å². The van der Waals surface area contributed by atoms with E-state index < -0.39 is 5.60 Å². The average molecular weight is 278 g/mol. The summed E-state index contributed by atoms with van der Waals surface area (Å²) in [6.07, 6.45) is 5.26. The zero-order chi connectivity index (χ0) is 14.6. The number of aromatic nitrogens is 1. The number of rotatable bonds is 4. The summed E-state index contributed by atoms with van der Waals surface area (Å²) in [4.78, 5) is 15.6. The molecule has 0 radical (unpaired) electrons. The second kappa shape index (κ2) is 6.22. The summed E-state index contributed by atoms with van der Waals surface area (Å²) in [6.45, 7) is 2.67. The zero-order valence-electron chi connectivity index (χ0n) is 12.1. The van der Waals surface area contributed by atoms with E-state index in [1.54, 1.807) is 18.3 Å². The first-order valence-corrected chi connectivity index (χ1v) is 7.03. The van der Waals surface area contributed by atoms with E-state index in [4.69, 9.17) is 0 Å². The van der Waals surface area contributed by atoms with Crippen molar-refractivity contribution in [2.24, 2.45) is 5.92 Å². The lowest BCUT2D eigenvalue weighted by molar-refractivity contribution is 0.00494. The fourth-order valence-electron chi connectivity index (χ4n) is 2.50. The highest BCUT2D eigenvalue weighted by Crippen LogP contribution is 2.31. The van der Waals surface area contributed by atoms with Gasteiger partial charge in [-0.25, -0.2) is 9.78 Å². The molecule has 1 aromatic heterocycles. The van der Waals surface area contributed by atoms with E-state index in [1.807, 2.05) is 0 Å². The molecule has 110 valence electrons. The monoisotopic (exact) mass is 278 g/mol. The summed E-state index contributed by atoms with van der Waals surface area (Å²) in [5.41, 5.74) is -0.218. The van der Waals surface area contributed by atoms with Gasteiger partial charge in [0.05, 0.1) is 18.3 Å². The van der Waals surface area contributed by atoms with Crippen molar-refractivity contribution >= 4 is 11.8 Å². The van der Waals surface area contributed by atoms with Crippen LogP contribution in [0.3, 0.4) is 0 Å². The molecule has 0 unspecified atom stereocenters. The minimum absolute atomic E-state index is 0.388. The van der Waals surface area contributed by atoms with Crippen LogP contribution in [0.25, 0.3) is 0 Å². The van der Waals surface area contributed by atoms with Gasteiger partial charge in [0, 0.05) is 12.7 Å². The highest BCUT2D eigenvalue weighted by Gasteiger charge is 2.31. The van der Waals surface area contributed by atoms with Crippen molar-refractivity contribution in [3.8, 4) is 0 Å². The number of hydrogen-bond donors (Lipinski definition) is 2. The largest absolute Gasteiger partial charge is 0.465 e. The SMILES string of the molecule is COC(=O)c1ccnc(NCC2(O)CCC(C)CC2)c1. The third kappa shape index (κ3) is 3.70. The minimum Gasteiger partial charge on any atom is -0.465 e. The Morgan fingerprint density at radius 2 is 2.25 bits per heavy atom. The fourth-order valence-corrected chi connectivity index (χ4v) is 2.50. The number of carbonyl (C=O) groups excluding carboxylic acids is 1. The number of ether oxygens (including phenoxy) is 1. The molecule has 2 N–H and O–H groups in total. The van der Waals surface area contributed by atoms with Crippen LogP contribution in [0.5, 0.6) is 0 Å². The van der Waals surface area contributed by atoms with E-state index in [0.29, 0.717) is 23.8 Å². The van der Waals surface area contributed by atoms with Crippen LogP contribution in [0.4, 0.5) is 5.82 Å². The van der Waals surface area contributed by atoms with E-state index in [9.17, 15) is 9.90 Å². The summed E-state index contributed by atoms with van der Waals surface area (Å²) in [5.74, 6) is 0.886. The molecule has 5 nitrogen and oxygen atoms in total. The van der Waals surface area contributed by atoms with Gasteiger partial charge in [-0.05, 0) is 43.7 Å². The van der Waals surface area contributed by atoms with Crippen molar-refractivity contribution in [2.45, 2.75) is 38.2 Å². The number of nitrogens with zero attached hydrogens (tertiary/aromatic N) is 1. The summed E-state index contributed by atoms with van der Waals surface area (Å²) in [6, 6.07) is 3.24. The summed E-state index contributed by atoms with van der Waals surface area (Å²) >= 11 is 0. The van der Waals surface area contributed by atoms with Gasteiger partial charge in [-0.2, -0.15) is 0 Å². The third-order valence-electron chi connectivity index (χ3n) is 3.98. The Morgan fingerprint density at radius 1 is 1.55 bits per heavy atom. The fraction of sp³-hybridized carbons (Fsp3) is 0.600. The van der Waals surface area contributed by atoms with E-state index in [1.165, 1.54) is 7.11 Å². The highest BCUT2D eigenvalue weighted by atomic mass is 16.5. The Kier molecular flexibility index (Phi) is 4.60. The van der Waals surface area contributed by atoms with E-state index in [-0.39, 0.29) is 5.97 Å². The average Bonchev–Trinajstić information content (AvgIpc) is 2.48. The van der Waals surface area contributed by atoms with Gasteiger partial charge in [0.1, 0.15) is 5.82 Å². The van der Waals surface area contributed by atoms with Gasteiger partial charge < -0.3 is 15.2 Å². The molecule has 0 saturated heterocycles. The number of pyridine rings is 1. The van der Waals surface area contributed by atoms with Gasteiger partial charge in [-0.15, -0.1) is 0 Å². The molecule has 2 rings (SSSR count). The quantitative estimate of drug-likeness (QED) is 0.826. The van der Waals surface area contributed by atoms with Gasteiger partial charge >= 0.3 is 5.97 Å². The predicted octanol–water partition coefficient (Wildman–Crippen LogP) is 2.22. The van der Waals surface area contributed by atoms with Crippen molar-refractivity contribution in [1.82, 2.24) is 4.98 Å². The molecule has 0 spiro atoms. The van der Waals surface area contributed by atoms with Crippen molar-refractivity contribution in [1.29, 1.82) is 0 Å². The van der Waals surface area contributed by atoms with Crippen LogP contribution in [0.1, 0.15) is 43.0 Å². The number of nitrogens with one attached hydrogen (secondary N) is 1. The molecule has 1 aromatic rings. The molecule has 0 bridgehead atoms. The standard InChI is InChI=1S/C15H22N2O3/c1-11-3-6-15(19,7-4-11)10-17-13-9-12(5-8-16-13)14(18)20-2/h5,8-9,11,19H,3-4,6-7,10H2,1-2H3,(H,16,17). The molecule has 0 amide bonds. The lowest BCUT2D eigenvalue weighted by Crippen LogP contribution is -2.40. The predicted molar refractivity (Wildman–Crippen MR) is 76.6 cm³/mol. The van der Waals surface area contributed by atoms with Gasteiger partial charge in [-0.1, -0.05) is 6.92 Å². The Bertz CT molecular complexity index is 468.